The van der Waals surface area contributed by atoms with Crippen LogP contribution >= 0.6 is 0 Å². The highest BCUT2D eigenvalue weighted by Gasteiger charge is 2.57. The Morgan fingerprint density at radius 3 is 2.62 bits per heavy atom. The van der Waals surface area contributed by atoms with Gasteiger partial charge in [0.2, 0.25) is 0 Å². The third kappa shape index (κ3) is 2.58. The van der Waals surface area contributed by atoms with Crippen molar-refractivity contribution in [3.8, 4) is 17.1 Å². The number of aliphatic imine (C=N–C) groups is 1. The first-order valence-electron chi connectivity index (χ1n) is 11.6. The molecule has 34 heavy (non-hydrogen) atoms. The fraction of sp³-hybridized carbons (Fsp3) is 0.259. The van der Waals surface area contributed by atoms with Crippen molar-refractivity contribution in [2.24, 2.45) is 10.9 Å². The predicted octanol–water partition coefficient (Wildman–Crippen LogP) is 6.00. The van der Waals surface area contributed by atoms with Gasteiger partial charge in [-0.3, -0.25) is 19.7 Å². The lowest BCUT2D eigenvalue weighted by atomic mass is 9.42. The van der Waals surface area contributed by atoms with Crippen LogP contribution in [-0.2, 0) is 5.41 Å². The molecule has 1 aliphatic heterocycles. The molecule has 3 saturated carbocycles. The Balaban J connectivity index is 1.50. The molecule has 2 bridgehead atoms. The number of hydrogen-bond acceptors (Lipinski definition) is 5. The fourth-order valence-electron chi connectivity index (χ4n) is 6.02. The second-order valence-corrected chi connectivity index (χ2v) is 9.74. The van der Waals surface area contributed by atoms with Gasteiger partial charge < -0.3 is 4.42 Å². The molecule has 4 aliphatic rings. The predicted molar refractivity (Wildman–Crippen MR) is 127 cm³/mol. The van der Waals surface area contributed by atoms with Gasteiger partial charge in [-0.05, 0) is 73.4 Å². The van der Waals surface area contributed by atoms with Crippen molar-refractivity contribution in [2.45, 2.75) is 37.6 Å². The minimum absolute atomic E-state index is 0.0614. The van der Waals surface area contributed by atoms with Crippen molar-refractivity contribution in [1.82, 2.24) is 9.55 Å². The van der Waals surface area contributed by atoms with Crippen LogP contribution in [-0.4, -0.2) is 20.2 Å². The maximum Gasteiger partial charge on any atom is 0.278 e. The SMILES string of the molecule is C[C@@H]1N=C(c2ccccc2[N+](=O)[O-])c2cc(C34CC(C3)C4)ccc2-n2cnc(-c3ccco3)c21. The second kappa shape index (κ2) is 6.76. The summed E-state index contributed by atoms with van der Waals surface area (Å²) in [6.45, 7) is 2.00. The number of benzene rings is 2. The van der Waals surface area contributed by atoms with Crippen LogP contribution in [0.1, 0.15) is 54.6 Å². The van der Waals surface area contributed by atoms with Gasteiger partial charge in [0.25, 0.3) is 5.69 Å². The Morgan fingerprint density at radius 1 is 1.09 bits per heavy atom. The number of hydrogen-bond donors (Lipinski definition) is 0. The lowest BCUT2D eigenvalue weighted by Crippen LogP contribution is -2.55. The van der Waals surface area contributed by atoms with Gasteiger partial charge in [-0.25, -0.2) is 4.98 Å². The monoisotopic (exact) mass is 450 g/mol. The summed E-state index contributed by atoms with van der Waals surface area (Å²) in [4.78, 5) is 21.4. The van der Waals surface area contributed by atoms with Crippen molar-refractivity contribution in [2.75, 3.05) is 0 Å². The van der Waals surface area contributed by atoms with E-state index in [9.17, 15) is 10.1 Å². The molecule has 168 valence electrons. The van der Waals surface area contributed by atoms with Crippen LogP contribution in [0.4, 0.5) is 5.69 Å². The van der Waals surface area contributed by atoms with E-state index in [1.807, 2.05) is 25.1 Å². The number of nitrogens with zero attached hydrogens (tertiary/aromatic N) is 4. The van der Waals surface area contributed by atoms with Gasteiger partial charge in [0.15, 0.2) is 5.76 Å². The molecular weight excluding hydrogens is 428 g/mol. The standard InChI is InChI=1S/C27H22N4O3/c1-16-26-25(23-7-4-10-34-23)28-15-30(26)21-9-8-18(27-12-17(13-27)14-27)11-20(21)24(29-16)19-5-2-3-6-22(19)31(32)33/h2-11,15-17H,12-14H2,1H3/t16-,17?,27?/m0/s1. The Morgan fingerprint density at radius 2 is 1.91 bits per heavy atom. The first kappa shape index (κ1) is 19.5. The summed E-state index contributed by atoms with van der Waals surface area (Å²) < 4.78 is 7.73. The molecule has 3 heterocycles. The molecule has 0 N–H and O–H groups in total. The molecule has 7 heteroatoms. The minimum atomic E-state index is -0.325. The van der Waals surface area contributed by atoms with E-state index in [1.165, 1.54) is 24.8 Å². The number of nitro benzene ring substituents is 1. The maximum absolute atomic E-state index is 11.9. The zero-order chi connectivity index (χ0) is 23.0. The van der Waals surface area contributed by atoms with Gasteiger partial charge in [0, 0.05) is 11.6 Å². The molecule has 4 aromatic rings. The van der Waals surface area contributed by atoms with Crippen molar-refractivity contribution < 1.29 is 9.34 Å². The molecule has 8 rings (SSSR count). The highest BCUT2D eigenvalue weighted by molar-refractivity contribution is 6.17. The Bertz CT molecular complexity index is 1480. The summed E-state index contributed by atoms with van der Waals surface area (Å²) in [5, 5.41) is 11.9. The lowest BCUT2D eigenvalue weighted by molar-refractivity contribution is -0.385. The Hall–Kier alpha value is -4.00. The summed E-state index contributed by atoms with van der Waals surface area (Å²) in [7, 11) is 0. The molecular formula is C27H22N4O3. The average molecular weight is 450 g/mol. The fourth-order valence-corrected chi connectivity index (χ4v) is 6.02. The molecule has 0 amide bonds. The van der Waals surface area contributed by atoms with Crippen LogP contribution in [0.25, 0.3) is 17.1 Å². The number of para-hydroxylation sites is 1. The first-order valence-corrected chi connectivity index (χ1v) is 11.6. The lowest BCUT2D eigenvalue weighted by Gasteiger charge is -2.62. The highest BCUT2D eigenvalue weighted by atomic mass is 16.6. The van der Waals surface area contributed by atoms with Crippen LogP contribution in [0.2, 0.25) is 0 Å². The van der Waals surface area contributed by atoms with Gasteiger partial charge in [-0.2, -0.15) is 0 Å². The van der Waals surface area contributed by atoms with E-state index in [4.69, 9.17) is 9.41 Å². The maximum atomic E-state index is 11.9. The van der Waals surface area contributed by atoms with Crippen LogP contribution in [0.5, 0.6) is 0 Å². The third-order valence-corrected chi connectivity index (χ3v) is 7.80. The molecule has 7 nitrogen and oxygen atoms in total. The summed E-state index contributed by atoms with van der Waals surface area (Å²) in [5.41, 5.74) is 6.30. The minimum Gasteiger partial charge on any atom is -0.463 e. The summed E-state index contributed by atoms with van der Waals surface area (Å²) >= 11 is 0. The zero-order valence-electron chi connectivity index (χ0n) is 18.6. The number of nitro groups is 1. The van der Waals surface area contributed by atoms with Crippen molar-refractivity contribution in [3.05, 3.63) is 99.7 Å². The van der Waals surface area contributed by atoms with E-state index in [0.29, 0.717) is 17.0 Å². The largest absolute Gasteiger partial charge is 0.463 e. The van der Waals surface area contributed by atoms with Crippen molar-refractivity contribution in [3.63, 3.8) is 0 Å². The van der Waals surface area contributed by atoms with Crippen molar-refractivity contribution >= 4 is 11.4 Å². The van der Waals surface area contributed by atoms with Gasteiger partial charge in [-0.1, -0.05) is 18.2 Å². The Labute approximate surface area is 195 Å². The molecule has 2 aromatic carbocycles. The molecule has 3 aliphatic carbocycles. The summed E-state index contributed by atoms with van der Waals surface area (Å²) in [6.07, 6.45) is 7.15. The first-order chi connectivity index (χ1) is 16.5. The third-order valence-electron chi connectivity index (χ3n) is 7.80. The smallest absolute Gasteiger partial charge is 0.278 e. The van der Waals surface area contributed by atoms with E-state index in [1.54, 1.807) is 30.8 Å². The Kier molecular flexibility index (Phi) is 3.87. The average Bonchev–Trinajstić information content (AvgIpc) is 3.43. The number of fused-ring (bicyclic) bond motifs is 3. The molecule has 0 spiro atoms. The van der Waals surface area contributed by atoms with Gasteiger partial charge in [0.05, 0.1) is 39.9 Å². The van der Waals surface area contributed by atoms with E-state index in [-0.39, 0.29) is 22.1 Å². The highest BCUT2D eigenvalue weighted by Crippen LogP contribution is 2.65. The molecule has 0 unspecified atom stereocenters. The second-order valence-electron chi connectivity index (χ2n) is 9.74. The molecule has 2 aromatic heterocycles. The number of furan rings is 1. The van der Waals surface area contributed by atoms with E-state index in [0.717, 1.165) is 28.6 Å². The number of rotatable bonds is 4. The molecule has 3 fully saturated rings. The van der Waals surface area contributed by atoms with E-state index < -0.39 is 0 Å². The quantitative estimate of drug-likeness (QED) is 0.282. The topological polar surface area (TPSA) is 86.5 Å². The van der Waals surface area contributed by atoms with E-state index >= 15 is 0 Å². The van der Waals surface area contributed by atoms with E-state index in [2.05, 4.69) is 27.8 Å². The summed E-state index contributed by atoms with van der Waals surface area (Å²) in [6, 6.07) is 16.9. The molecule has 0 radical (unpaired) electrons. The summed E-state index contributed by atoms with van der Waals surface area (Å²) in [5.74, 6) is 1.54. The van der Waals surface area contributed by atoms with Crippen molar-refractivity contribution in [1.29, 1.82) is 0 Å². The van der Waals surface area contributed by atoms with Gasteiger partial charge in [0.1, 0.15) is 12.0 Å². The zero-order valence-corrected chi connectivity index (χ0v) is 18.6. The van der Waals surface area contributed by atoms with Gasteiger partial charge in [-0.15, -0.1) is 0 Å². The molecule has 1 atom stereocenters. The van der Waals surface area contributed by atoms with Gasteiger partial charge >= 0.3 is 0 Å². The van der Waals surface area contributed by atoms with Crippen LogP contribution in [0, 0.1) is 16.0 Å². The number of imidazole rings is 1. The molecule has 0 saturated heterocycles. The van der Waals surface area contributed by atoms with Crippen LogP contribution in [0.15, 0.2) is 76.6 Å². The van der Waals surface area contributed by atoms with Crippen LogP contribution in [0.3, 0.4) is 0 Å². The normalized spacial score (nSPS) is 24.2. The number of aromatic nitrogens is 2. The van der Waals surface area contributed by atoms with Crippen LogP contribution < -0.4 is 0 Å².